The first kappa shape index (κ1) is 48.6. The number of thiazole rings is 1. The lowest BCUT2D eigenvalue weighted by Crippen LogP contribution is -2.58. The minimum Gasteiger partial charge on any atom is -0.494 e. The predicted octanol–water partition coefficient (Wildman–Crippen LogP) is 7.57. The standard InChI is InChI=1S/C40H41ClF4N6O7S2.2ClH/c1-6-20-16-39(20,36(54)50-60(55,56)23-11-12-23)49-33(52)29-15-22(58-34-26-14-21(41)10-13-24(26)30(57-5)17-46-34)18-51(29)35(53)32(38(2,3)4)48-37-47-28(19-59-37)25-8-7-9-27(31(25)42)40(43,44)45;;/h6-10,13-14,17,19-20,22-23,29,32H,1,11-12,15-16,18H2,2-5H3,(H,47,48)(H,49,52)(H,50,54);2*1H/t20-,22-,29+,32-,39-;;/m1../s1. The van der Waals surface area contributed by atoms with E-state index in [0.717, 1.165) is 17.4 Å². The fraction of sp³-hybridized carbons (Fsp3) is 0.425. The minimum atomic E-state index is -4.94. The van der Waals surface area contributed by atoms with Gasteiger partial charge in [0.05, 0.1) is 36.4 Å². The van der Waals surface area contributed by atoms with Crippen LogP contribution in [0.4, 0.5) is 22.7 Å². The number of methoxy groups -OCH3 is 1. The number of hydrogen-bond acceptors (Lipinski definition) is 11. The topological polar surface area (TPSA) is 169 Å². The van der Waals surface area contributed by atoms with E-state index in [-0.39, 0.29) is 66.5 Å². The highest BCUT2D eigenvalue weighted by Gasteiger charge is 2.62. The summed E-state index contributed by atoms with van der Waals surface area (Å²) in [6, 6.07) is 5.53. The maximum Gasteiger partial charge on any atom is 0.419 e. The van der Waals surface area contributed by atoms with Crippen molar-refractivity contribution in [3.8, 4) is 22.9 Å². The summed E-state index contributed by atoms with van der Waals surface area (Å²) in [5.41, 5.74) is -4.46. The zero-order valence-electron chi connectivity index (χ0n) is 33.5. The highest BCUT2D eigenvalue weighted by Crippen LogP contribution is 2.46. The molecule has 0 radical (unpaired) electrons. The molecule has 1 aliphatic heterocycles. The number of fused-ring (bicyclic) bond motifs is 1. The number of amides is 3. The van der Waals surface area contributed by atoms with Crippen molar-refractivity contribution in [1.82, 2.24) is 24.9 Å². The molecule has 0 spiro atoms. The number of carbonyl (C=O) groups excluding carboxylic acids is 3. The number of aromatic nitrogens is 2. The number of likely N-dealkylation sites (tertiary alicyclic amines) is 1. The molecule has 3 aliphatic rings. The van der Waals surface area contributed by atoms with Crippen LogP contribution in [0.2, 0.25) is 5.02 Å². The second kappa shape index (κ2) is 18.0. The van der Waals surface area contributed by atoms with Crippen LogP contribution in [-0.4, -0.2) is 83.6 Å². The van der Waals surface area contributed by atoms with Gasteiger partial charge in [-0.2, -0.15) is 13.2 Å². The van der Waals surface area contributed by atoms with Crippen LogP contribution in [0.1, 0.15) is 52.0 Å². The number of rotatable bonds is 13. The van der Waals surface area contributed by atoms with E-state index >= 15 is 4.39 Å². The quantitative estimate of drug-likeness (QED) is 0.0898. The SMILES string of the molecule is C=C[C@@H]1C[C@]1(NC(=O)[C@@H]1C[C@@H](Oc2ncc(OC)c3ccc(Cl)cc23)CN1C(=O)[C@@H](Nc1nc(-c2cccc(C(F)(F)F)c2F)cs1)C(C)(C)C)C(=O)NS(=O)(=O)C1CC1.Cl.Cl. The van der Waals surface area contributed by atoms with Crippen LogP contribution in [0, 0.1) is 17.2 Å². The molecule has 2 aliphatic carbocycles. The Hall–Kier alpha value is -4.43. The molecular weight excluding hydrogens is 923 g/mol. The van der Waals surface area contributed by atoms with Gasteiger partial charge in [-0.15, -0.1) is 42.7 Å². The van der Waals surface area contributed by atoms with E-state index in [1.807, 2.05) is 0 Å². The zero-order valence-corrected chi connectivity index (χ0v) is 37.6. The highest BCUT2D eigenvalue weighted by atomic mass is 35.5. The van der Waals surface area contributed by atoms with Gasteiger partial charge < -0.3 is 25.0 Å². The monoisotopic (exact) mass is 964 g/mol. The smallest absolute Gasteiger partial charge is 0.419 e. The Kier molecular flexibility index (Phi) is 14.1. The number of sulfonamides is 1. The van der Waals surface area contributed by atoms with Gasteiger partial charge in [-0.3, -0.25) is 19.1 Å². The normalized spacial score (nSPS) is 21.5. The molecule has 2 saturated carbocycles. The Labute approximate surface area is 376 Å². The van der Waals surface area contributed by atoms with Crippen molar-refractivity contribution in [2.45, 2.75) is 81.6 Å². The molecule has 7 rings (SSSR count). The van der Waals surface area contributed by atoms with E-state index in [4.69, 9.17) is 21.1 Å². The van der Waals surface area contributed by atoms with Gasteiger partial charge >= 0.3 is 6.18 Å². The molecule has 13 nitrogen and oxygen atoms in total. The zero-order chi connectivity index (χ0) is 43.5. The van der Waals surface area contributed by atoms with E-state index in [2.05, 4.69) is 31.9 Å². The number of alkyl halides is 3. The van der Waals surface area contributed by atoms with Crippen molar-refractivity contribution in [2.75, 3.05) is 19.0 Å². The van der Waals surface area contributed by atoms with Gasteiger partial charge in [-0.1, -0.05) is 44.5 Å². The molecule has 3 N–H and O–H groups in total. The molecule has 336 valence electrons. The molecule has 0 unspecified atom stereocenters. The first-order valence-electron chi connectivity index (χ1n) is 18.8. The molecule has 4 aromatic rings. The number of pyridine rings is 1. The second-order valence-electron chi connectivity index (χ2n) is 16.1. The van der Waals surface area contributed by atoms with Gasteiger partial charge in [0.1, 0.15) is 35.3 Å². The van der Waals surface area contributed by atoms with Crippen LogP contribution in [0.25, 0.3) is 22.0 Å². The first-order valence-corrected chi connectivity index (χ1v) is 21.7. The first-order chi connectivity index (χ1) is 28.2. The van der Waals surface area contributed by atoms with Gasteiger partial charge in [0.25, 0.3) is 5.91 Å². The summed E-state index contributed by atoms with van der Waals surface area (Å²) in [5, 5.41) is 8.09. The predicted molar refractivity (Wildman–Crippen MR) is 231 cm³/mol. The number of anilines is 1. The molecule has 3 fully saturated rings. The van der Waals surface area contributed by atoms with Crippen LogP contribution >= 0.6 is 47.8 Å². The van der Waals surface area contributed by atoms with Crippen molar-refractivity contribution < 1.29 is 49.8 Å². The lowest BCUT2D eigenvalue weighted by molar-refractivity contribution is -0.141. The number of ether oxygens (including phenoxy) is 2. The Morgan fingerprint density at radius 2 is 1.82 bits per heavy atom. The molecule has 1 saturated heterocycles. The number of carbonyl (C=O) groups is 3. The van der Waals surface area contributed by atoms with Gasteiger partial charge in [-0.25, -0.2) is 22.8 Å². The number of nitrogens with one attached hydrogen (secondary N) is 3. The lowest BCUT2D eigenvalue weighted by atomic mass is 9.85. The van der Waals surface area contributed by atoms with Crippen LogP contribution in [-0.2, 0) is 30.6 Å². The Bertz CT molecular complexity index is 2500. The van der Waals surface area contributed by atoms with Crippen LogP contribution < -0.4 is 24.8 Å². The molecule has 2 aromatic carbocycles. The molecule has 3 amide bonds. The maximum atomic E-state index is 15.1. The average molecular weight is 966 g/mol. The maximum absolute atomic E-state index is 15.1. The van der Waals surface area contributed by atoms with Gasteiger partial charge in [0.15, 0.2) is 5.13 Å². The van der Waals surface area contributed by atoms with E-state index in [1.54, 1.807) is 39.0 Å². The summed E-state index contributed by atoms with van der Waals surface area (Å²) >= 11 is 7.28. The molecule has 3 heterocycles. The van der Waals surface area contributed by atoms with Crippen LogP contribution in [0.15, 0.2) is 60.6 Å². The van der Waals surface area contributed by atoms with E-state index in [9.17, 15) is 36.0 Å². The second-order valence-corrected chi connectivity index (χ2v) is 19.4. The largest absolute Gasteiger partial charge is 0.494 e. The third kappa shape index (κ3) is 9.71. The van der Waals surface area contributed by atoms with Crippen molar-refractivity contribution in [2.24, 2.45) is 11.3 Å². The van der Waals surface area contributed by atoms with Gasteiger partial charge in [-0.05, 0) is 55.0 Å². The Morgan fingerprint density at radius 3 is 2.44 bits per heavy atom. The highest BCUT2D eigenvalue weighted by molar-refractivity contribution is 7.91. The van der Waals surface area contributed by atoms with E-state index in [1.165, 1.54) is 35.7 Å². The van der Waals surface area contributed by atoms with E-state index < -0.39 is 85.6 Å². The fourth-order valence-electron chi connectivity index (χ4n) is 7.32. The fourth-order valence-corrected chi connectivity index (χ4v) is 9.60. The Balaban J connectivity index is 0.00000363. The van der Waals surface area contributed by atoms with E-state index in [0.29, 0.717) is 40.5 Å². The average Bonchev–Trinajstić information content (AvgIpc) is 4.07. The third-order valence-electron chi connectivity index (χ3n) is 10.8. The molecule has 2 aromatic heterocycles. The number of halogens is 7. The lowest BCUT2D eigenvalue weighted by Gasteiger charge is -2.35. The summed E-state index contributed by atoms with van der Waals surface area (Å²) in [6.45, 7) is 8.84. The van der Waals surface area contributed by atoms with Crippen LogP contribution in [0.3, 0.4) is 0 Å². The molecular formula is C40H43Cl3F4N6O7S2. The summed E-state index contributed by atoms with van der Waals surface area (Å²) in [6.07, 6.45) is -2.07. The van der Waals surface area contributed by atoms with Crippen LogP contribution in [0.5, 0.6) is 11.6 Å². The van der Waals surface area contributed by atoms with Crippen molar-refractivity contribution in [3.05, 3.63) is 77.0 Å². The molecule has 62 heavy (non-hydrogen) atoms. The number of nitrogens with zero attached hydrogens (tertiary/aromatic N) is 3. The molecule has 5 atom stereocenters. The number of benzene rings is 2. The minimum absolute atomic E-state index is 0. The third-order valence-corrected chi connectivity index (χ3v) is 13.7. The summed E-state index contributed by atoms with van der Waals surface area (Å²) < 4.78 is 95.1. The van der Waals surface area contributed by atoms with Crippen molar-refractivity contribution in [3.63, 3.8) is 0 Å². The number of hydrogen-bond donors (Lipinski definition) is 3. The molecule has 22 heteroatoms. The summed E-state index contributed by atoms with van der Waals surface area (Å²) in [7, 11) is -2.49. The van der Waals surface area contributed by atoms with Gasteiger partial charge in [0, 0.05) is 39.1 Å². The Morgan fingerprint density at radius 1 is 1.11 bits per heavy atom. The van der Waals surface area contributed by atoms with Crippen molar-refractivity contribution in [1.29, 1.82) is 0 Å². The van der Waals surface area contributed by atoms with Gasteiger partial charge in [0.2, 0.25) is 27.7 Å². The molecule has 0 bridgehead atoms. The summed E-state index contributed by atoms with van der Waals surface area (Å²) in [4.78, 5) is 52.9. The van der Waals surface area contributed by atoms with Crippen molar-refractivity contribution >= 4 is 91.4 Å². The summed E-state index contributed by atoms with van der Waals surface area (Å²) in [5.74, 6) is -3.76.